The molecule has 8 nitrogen and oxygen atoms in total. The van der Waals surface area contributed by atoms with Crippen LogP contribution >= 0.6 is 11.3 Å². The summed E-state index contributed by atoms with van der Waals surface area (Å²) in [6, 6.07) is 9.78. The number of thiophene rings is 1. The molecular formula is C18H15N3O5S. The normalized spacial score (nSPS) is 10.7. The highest BCUT2D eigenvalue weighted by Gasteiger charge is 2.17. The second kappa shape index (κ2) is 7.50. The van der Waals surface area contributed by atoms with Gasteiger partial charge in [0.05, 0.1) is 10.3 Å². The summed E-state index contributed by atoms with van der Waals surface area (Å²) in [5, 5.41) is 4.39. The van der Waals surface area contributed by atoms with Gasteiger partial charge in [-0.15, -0.1) is 11.3 Å². The van der Waals surface area contributed by atoms with Crippen molar-refractivity contribution < 1.29 is 19.1 Å². The standard InChI is InChI=1S/C18H15N3O5S/c1-10-6-7-14(27-10)13(22)9-26-15(23)8-21-18(25)12-5-3-2-4-11(12)16(20-21)17(19)24/h2-7H,8-9H2,1H3,(H2,19,24). The summed E-state index contributed by atoms with van der Waals surface area (Å²) in [5.41, 5.74) is 4.63. The third-order valence-electron chi connectivity index (χ3n) is 3.76. The number of aryl methyl sites for hydroxylation is 1. The van der Waals surface area contributed by atoms with E-state index in [1.165, 1.54) is 17.4 Å². The molecule has 0 fully saturated rings. The van der Waals surface area contributed by atoms with Crippen LogP contribution in [0.4, 0.5) is 0 Å². The molecule has 3 rings (SSSR count). The molecule has 1 amide bonds. The zero-order valence-electron chi connectivity index (χ0n) is 14.3. The van der Waals surface area contributed by atoms with Crippen molar-refractivity contribution in [2.75, 3.05) is 6.61 Å². The van der Waals surface area contributed by atoms with Crippen molar-refractivity contribution >= 4 is 39.8 Å². The number of carbonyl (C=O) groups is 3. The first kappa shape index (κ1) is 18.5. The first-order valence-corrected chi connectivity index (χ1v) is 8.73. The van der Waals surface area contributed by atoms with E-state index in [-0.39, 0.29) is 16.9 Å². The molecule has 3 aromatic rings. The van der Waals surface area contributed by atoms with E-state index in [4.69, 9.17) is 10.5 Å². The van der Waals surface area contributed by atoms with Crippen LogP contribution in [0.5, 0.6) is 0 Å². The lowest BCUT2D eigenvalue weighted by atomic mass is 10.1. The van der Waals surface area contributed by atoms with E-state index in [9.17, 15) is 19.2 Å². The Morgan fingerprint density at radius 2 is 1.85 bits per heavy atom. The van der Waals surface area contributed by atoms with Crippen molar-refractivity contribution in [1.29, 1.82) is 0 Å². The van der Waals surface area contributed by atoms with Gasteiger partial charge in [0, 0.05) is 10.3 Å². The lowest BCUT2D eigenvalue weighted by Crippen LogP contribution is -2.31. The second-order valence-electron chi connectivity index (χ2n) is 5.72. The Morgan fingerprint density at radius 1 is 1.15 bits per heavy atom. The molecule has 0 unspecified atom stereocenters. The number of carbonyl (C=O) groups excluding carboxylic acids is 3. The third-order valence-corrected chi connectivity index (χ3v) is 4.80. The van der Waals surface area contributed by atoms with Crippen molar-refractivity contribution in [2.24, 2.45) is 5.73 Å². The number of esters is 1. The van der Waals surface area contributed by atoms with Crippen LogP contribution in [0.1, 0.15) is 25.0 Å². The van der Waals surface area contributed by atoms with E-state index >= 15 is 0 Å². The molecule has 0 saturated heterocycles. The highest BCUT2D eigenvalue weighted by Crippen LogP contribution is 2.16. The van der Waals surface area contributed by atoms with Gasteiger partial charge in [-0.2, -0.15) is 5.10 Å². The molecule has 0 saturated carbocycles. The minimum absolute atomic E-state index is 0.122. The van der Waals surface area contributed by atoms with Crippen molar-refractivity contribution in [3.63, 3.8) is 0 Å². The zero-order chi connectivity index (χ0) is 19.6. The maximum absolute atomic E-state index is 12.5. The summed E-state index contributed by atoms with van der Waals surface area (Å²) in [5.74, 6) is -1.98. The fourth-order valence-corrected chi connectivity index (χ4v) is 3.29. The van der Waals surface area contributed by atoms with Gasteiger partial charge >= 0.3 is 5.97 Å². The lowest BCUT2D eigenvalue weighted by molar-refractivity contribution is -0.143. The van der Waals surface area contributed by atoms with Crippen molar-refractivity contribution in [2.45, 2.75) is 13.5 Å². The molecule has 0 atom stereocenters. The number of primary amides is 1. The molecule has 0 aliphatic heterocycles. The fraction of sp³-hybridized carbons (Fsp3) is 0.167. The highest BCUT2D eigenvalue weighted by molar-refractivity contribution is 7.14. The van der Waals surface area contributed by atoms with Crippen LogP contribution in [0.2, 0.25) is 0 Å². The smallest absolute Gasteiger partial charge is 0.328 e. The molecule has 1 aromatic carbocycles. The monoisotopic (exact) mass is 385 g/mol. The molecule has 0 spiro atoms. The fourth-order valence-electron chi connectivity index (χ4n) is 2.49. The number of ketones is 1. The van der Waals surface area contributed by atoms with Gasteiger partial charge in [-0.05, 0) is 25.1 Å². The molecule has 0 radical (unpaired) electrons. The Kier molecular flexibility index (Phi) is 5.13. The Labute approximate surface area is 157 Å². The number of fused-ring (bicyclic) bond motifs is 1. The second-order valence-corrected chi connectivity index (χ2v) is 7.00. The number of ether oxygens (including phenoxy) is 1. The summed E-state index contributed by atoms with van der Waals surface area (Å²) in [4.78, 5) is 49.6. The number of amides is 1. The summed E-state index contributed by atoms with van der Waals surface area (Å²) in [7, 11) is 0. The Bertz CT molecular complexity index is 1120. The molecule has 0 aliphatic rings. The van der Waals surface area contributed by atoms with Crippen molar-refractivity contribution in [1.82, 2.24) is 9.78 Å². The molecule has 9 heteroatoms. The molecule has 2 aromatic heterocycles. The summed E-state index contributed by atoms with van der Waals surface area (Å²) < 4.78 is 5.75. The van der Waals surface area contributed by atoms with Crippen LogP contribution in [-0.4, -0.2) is 34.0 Å². The average Bonchev–Trinajstić information content (AvgIpc) is 3.08. The lowest BCUT2D eigenvalue weighted by Gasteiger charge is -2.09. The molecular weight excluding hydrogens is 370 g/mol. The van der Waals surface area contributed by atoms with Crippen LogP contribution in [0.25, 0.3) is 10.8 Å². The van der Waals surface area contributed by atoms with E-state index in [0.29, 0.717) is 10.3 Å². The summed E-state index contributed by atoms with van der Waals surface area (Å²) >= 11 is 1.30. The van der Waals surface area contributed by atoms with E-state index in [2.05, 4.69) is 5.10 Å². The number of benzene rings is 1. The number of nitrogens with zero attached hydrogens (tertiary/aromatic N) is 2. The largest absolute Gasteiger partial charge is 0.456 e. The molecule has 2 heterocycles. The van der Waals surface area contributed by atoms with Crippen LogP contribution in [0, 0.1) is 6.92 Å². The third kappa shape index (κ3) is 3.93. The number of aromatic nitrogens is 2. The minimum atomic E-state index is -0.823. The van der Waals surface area contributed by atoms with Crippen molar-refractivity contribution in [3.8, 4) is 0 Å². The predicted octanol–water partition coefficient (Wildman–Crippen LogP) is 1.29. The number of hydrogen-bond donors (Lipinski definition) is 1. The maximum atomic E-state index is 12.5. The predicted molar refractivity (Wildman–Crippen MR) is 98.9 cm³/mol. The zero-order valence-corrected chi connectivity index (χ0v) is 15.1. The van der Waals surface area contributed by atoms with Gasteiger partial charge in [0.25, 0.3) is 11.5 Å². The Morgan fingerprint density at radius 3 is 2.48 bits per heavy atom. The van der Waals surface area contributed by atoms with Crippen LogP contribution < -0.4 is 11.3 Å². The summed E-state index contributed by atoms with van der Waals surface area (Å²) in [6.07, 6.45) is 0. The van der Waals surface area contributed by atoms with E-state index in [1.54, 1.807) is 30.3 Å². The first-order chi connectivity index (χ1) is 12.9. The number of hydrogen-bond acceptors (Lipinski definition) is 7. The molecule has 0 bridgehead atoms. The maximum Gasteiger partial charge on any atom is 0.328 e. The Balaban J connectivity index is 1.79. The van der Waals surface area contributed by atoms with Crippen LogP contribution in [0.15, 0.2) is 41.2 Å². The highest BCUT2D eigenvalue weighted by atomic mass is 32.1. The average molecular weight is 385 g/mol. The number of rotatable bonds is 6. The quantitative estimate of drug-likeness (QED) is 0.504. The molecule has 27 heavy (non-hydrogen) atoms. The van der Waals surface area contributed by atoms with Gasteiger partial charge in [-0.3, -0.25) is 19.2 Å². The molecule has 138 valence electrons. The van der Waals surface area contributed by atoms with Crippen molar-refractivity contribution in [3.05, 3.63) is 62.2 Å². The van der Waals surface area contributed by atoms with Crippen LogP contribution in [0.3, 0.4) is 0 Å². The van der Waals surface area contributed by atoms with Gasteiger partial charge in [0.1, 0.15) is 6.54 Å². The van der Waals surface area contributed by atoms with Gasteiger partial charge in [0.2, 0.25) is 5.78 Å². The van der Waals surface area contributed by atoms with Gasteiger partial charge in [-0.25, -0.2) is 4.68 Å². The first-order valence-electron chi connectivity index (χ1n) is 7.91. The SMILES string of the molecule is Cc1ccc(C(=O)COC(=O)Cn2nc(C(N)=O)c3ccccc3c2=O)s1. The number of nitrogens with two attached hydrogens (primary N) is 1. The molecule has 2 N–H and O–H groups in total. The van der Waals surface area contributed by atoms with Gasteiger partial charge < -0.3 is 10.5 Å². The number of Topliss-reactive ketones (excluding diaryl/α,β-unsaturated/α-hetero) is 1. The molecule has 0 aliphatic carbocycles. The minimum Gasteiger partial charge on any atom is -0.456 e. The van der Waals surface area contributed by atoms with E-state index < -0.39 is 30.6 Å². The topological polar surface area (TPSA) is 121 Å². The van der Waals surface area contributed by atoms with Gasteiger partial charge in [-0.1, -0.05) is 18.2 Å². The Hall–Kier alpha value is -3.33. The summed E-state index contributed by atoms with van der Waals surface area (Å²) in [6.45, 7) is 0.881. The van der Waals surface area contributed by atoms with E-state index in [0.717, 1.165) is 9.56 Å². The van der Waals surface area contributed by atoms with E-state index in [1.807, 2.05) is 6.92 Å². The van der Waals surface area contributed by atoms with Crippen LogP contribution in [-0.2, 0) is 16.1 Å². The van der Waals surface area contributed by atoms with Gasteiger partial charge in [0.15, 0.2) is 12.3 Å².